The number of furan rings is 2. The van der Waals surface area contributed by atoms with Gasteiger partial charge in [0.05, 0.1) is 0 Å². The van der Waals surface area contributed by atoms with Crippen LogP contribution in [0.5, 0.6) is 0 Å². The smallest absolute Gasteiger partial charge is 0.194 e. The van der Waals surface area contributed by atoms with E-state index in [0.29, 0.717) is 17.8 Å². The quantitative estimate of drug-likeness (QED) is 0.569. The van der Waals surface area contributed by atoms with Crippen molar-refractivity contribution < 1.29 is 18.4 Å². The first-order valence-electron chi connectivity index (χ1n) is 4.37. The number of hydrogen-bond acceptors (Lipinski definition) is 4. The maximum absolute atomic E-state index is 11.0. The number of hydrogen-bond donors (Lipinski definition) is 0. The van der Waals surface area contributed by atoms with Crippen LogP contribution < -0.4 is 0 Å². The van der Waals surface area contributed by atoms with Gasteiger partial charge in [-0.25, -0.2) is 0 Å². The van der Waals surface area contributed by atoms with Crippen LogP contribution in [-0.4, -0.2) is 12.1 Å². The van der Waals surface area contributed by atoms with Gasteiger partial charge in [0.1, 0.15) is 0 Å². The molecule has 0 radical (unpaired) electrons. The Morgan fingerprint density at radius 2 is 1.80 bits per heavy atom. The van der Waals surface area contributed by atoms with Gasteiger partial charge < -0.3 is 8.83 Å². The van der Waals surface area contributed by atoms with Gasteiger partial charge in [-0.15, -0.1) is 0 Å². The molecular weight excluding hydrogens is 196 g/mol. The van der Waals surface area contributed by atoms with Gasteiger partial charge >= 0.3 is 0 Å². The molecule has 0 N–H and O–H groups in total. The van der Waals surface area contributed by atoms with Gasteiger partial charge in [0, 0.05) is 6.92 Å². The summed E-state index contributed by atoms with van der Waals surface area (Å²) in [4.78, 5) is 21.4. The molecule has 0 spiro atoms. The number of aldehydes is 1. The zero-order chi connectivity index (χ0) is 10.8. The van der Waals surface area contributed by atoms with Gasteiger partial charge in [0.25, 0.3) is 0 Å². The lowest BCUT2D eigenvalue weighted by atomic mass is 10.3. The molecule has 0 aromatic carbocycles. The third kappa shape index (κ3) is 1.74. The minimum Gasteiger partial charge on any atom is -0.450 e. The summed E-state index contributed by atoms with van der Waals surface area (Å²) in [6.07, 6.45) is 0.609. The predicted octanol–water partition coefficient (Wildman–Crippen LogP) is 2.55. The highest BCUT2D eigenvalue weighted by atomic mass is 16.4. The Morgan fingerprint density at radius 3 is 2.33 bits per heavy atom. The molecule has 0 saturated carbocycles. The molecule has 0 atom stereocenters. The normalized spacial score (nSPS) is 10.2. The lowest BCUT2D eigenvalue weighted by Crippen LogP contribution is -1.85. The molecule has 0 aliphatic rings. The van der Waals surface area contributed by atoms with Crippen molar-refractivity contribution in [2.75, 3.05) is 0 Å². The molecule has 0 fully saturated rings. The second-order valence-corrected chi connectivity index (χ2v) is 3.04. The van der Waals surface area contributed by atoms with Crippen molar-refractivity contribution in [1.29, 1.82) is 0 Å². The predicted molar refractivity (Wildman–Crippen MR) is 51.8 cm³/mol. The van der Waals surface area contributed by atoms with Crippen LogP contribution in [0.15, 0.2) is 33.1 Å². The number of carbonyl (C=O) groups excluding carboxylic acids is 2. The second-order valence-electron chi connectivity index (χ2n) is 3.04. The van der Waals surface area contributed by atoms with Crippen LogP contribution in [0.25, 0.3) is 11.5 Å². The van der Waals surface area contributed by atoms with Crippen molar-refractivity contribution in [1.82, 2.24) is 0 Å². The third-order valence-corrected chi connectivity index (χ3v) is 1.94. The summed E-state index contributed by atoms with van der Waals surface area (Å²) in [5.74, 6) is 1.22. The lowest BCUT2D eigenvalue weighted by molar-refractivity contribution is 0.0987. The highest BCUT2D eigenvalue weighted by Crippen LogP contribution is 2.24. The highest BCUT2D eigenvalue weighted by Gasteiger charge is 2.11. The summed E-state index contributed by atoms with van der Waals surface area (Å²) in [6, 6.07) is 6.36. The zero-order valence-corrected chi connectivity index (χ0v) is 8.02. The van der Waals surface area contributed by atoms with E-state index >= 15 is 0 Å². The van der Waals surface area contributed by atoms with Crippen molar-refractivity contribution >= 4 is 12.1 Å². The van der Waals surface area contributed by atoms with Crippen molar-refractivity contribution in [2.24, 2.45) is 0 Å². The van der Waals surface area contributed by atoms with E-state index in [0.717, 1.165) is 0 Å². The van der Waals surface area contributed by atoms with E-state index in [1.54, 1.807) is 18.2 Å². The Morgan fingerprint density at radius 1 is 1.13 bits per heavy atom. The highest BCUT2D eigenvalue weighted by molar-refractivity contribution is 5.91. The third-order valence-electron chi connectivity index (χ3n) is 1.94. The van der Waals surface area contributed by atoms with E-state index in [-0.39, 0.29) is 17.3 Å². The average molecular weight is 204 g/mol. The molecule has 2 rings (SSSR count). The van der Waals surface area contributed by atoms with Crippen LogP contribution in [-0.2, 0) is 0 Å². The number of ketones is 1. The van der Waals surface area contributed by atoms with Crippen LogP contribution >= 0.6 is 0 Å². The van der Waals surface area contributed by atoms with Crippen LogP contribution in [0.2, 0.25) is 0 Å². The largest absolute Gasteiger partial charge is 0.450 e. The van der Waals surface area contributed by atoms with E-state index in [1.165, 1.54) is 13.0 Å². The van der Waals surface area contributed by atoms with E-state index in [1.807, 2.05) is 0 Å². The van der Waals surface area contributed by atoms with Crippen molar-refractivity contribution in [2.45, 2.75) is 6.92 Å². The summed E-state index contributed by atoms with van der Waals surface area (Å²) in [5.41, 5.74) is 0. The van der Waals surface area contributed by atoms with Crippen LogP contribution in [0.4, 0.5) is 0 Å². The fourth-order valence-electron chi connectivity index (χ4n) is 1.21. The van der Waals surface area contributed by atoms with Crippen LogP contribution in [0, 0.1) is 0 Å². The Balaban J connectivity index is 2.36. The van der Waals surface area contributed by atoms with E-state index in [2.05, 4.69) is 0 Å². The van der Waals surface area contributed by atoms with E-state index < -0.39 is 0 Å². The number of rotatable bonds is 3. The molecule has 2 heterocycles. The topological polar surface area (TPSA) is 60.4 Å². The monoisotopic (exact) mass is 204 g/mol. The molecule has 4 heteroatoms. The van der Waals surface area contributed by atoms with Gasteiger partial charge in [-0.1, -0.05) is 0 Å². The maximum Gasteiger partial charge on any atom is 0.194 e. The fourth-order valence-corrected chi connectivity index (χ4v) is 1.21. The zero-order valence-electron chi connectivity index (χ0n) is 8.02. The molecule has 0 aliphatic heterocycles. The number of Topliss-reactive ketones (excluding diaryl/α,β-unsaturated/α-hetero) is 1. The summed E-state index contributed by atoms with van der Waals surface area (Å²) in [6.45, 7) is 1.42. The van der Waals surface area contributed by atoms with Gasteiger partial charge in [-0.05, 0) is 24.3 Å². The van der Waals surface area contributed by atoms with Gasteiger partial charge in [-0.2, -0.15) is 0 Å². The molecule has 0 aliphatic carbocycles. The first-order valence-corrected chi connectivity index (χ1v) is 4.37. The summed E-state index contributed by atoms with van der Waals surface area (Å²) in [5, 5.41) is 0. The molecule has 76 valence electrons. The second kappa shape index (κ2) is 3.57. The van der Waals surface area contributed by atoms with Crippen molar-refractivity contribution in [3.8, 4) is 11.5 Å². The Kier molecular flexibility index (Phi) is 2.25. The SMILES string of the molecule is CC(=O)c1ccc(-c2ccc(C=O)o2)o1. The Hall–Kier alpha value is -2.10. The average Bonchev–Trinajstić information content (AvgIpc) is 2.86. The maximum atomic E-state index is 11.0. The molecule has 0 unspecified atom stereocenters. The standard InChI is InChI=1S/C11H8O4/c1-7(13)9-4-5-11(15-9)10-3-2-8(6-12)14-10/h2-6H,1H3. The molecule has 0 bridgehead atoms. The molecule has 2 aromatic heterocycles. The molecular formula is C11H8O4. The first-order chi connectivity index (χ1) is 7.20. The molecule has 0 amide bonds. The van der Waals surface area contributed by atoms with Crippen molar-refractivity contribution in [3.05, 3.63) is 35.8 Å². The molecule has 0 saturated heterocycles. The van der Waals surface area contributed by atoms with Crippen LogP contribution in [0.1, 0.15) is 28.0 Å². The Labute approximate surface area is 85.5 Å². The van der Waals surface area contributed by atoms with Crippen molar-refractivity contribution in [3.63, 3.8) is 0 Å². The van der Waals surface area contributed by atoms with Gasteiger partial charge in [-0.3, -0.25) is 9.59 Å². The molecule has 15 heavy (non-hydrogen) atoms. The molecule has 4 nitrogen and oxygen atoms in total. The lowest BCUT2D eigenvalue weighted by Gasteiger charge is -1.89. The van der Waals surface area contributed by atoms with Gasteiger partial charge in [0.2, 0.25) is 0 Å². The van der Waals surface area contributed by atoms with Gasteiger partial charge in [0.15, 0.2) is 35.1 Å². The van der Waals surface area contributed by atoms with Crippen LogP contribution in [0.3, 0.4) is 0 Å². The summed E-state index contributed by atoms with van der Waals surface area (Å²) in [7, 11) is 0. The summed E-state index contributed by atoms with van der Waals surface area (Å²) >= 11 is 0. The molecule has 2 aromatic rings. The minimum atomic E-state index is -0.150. The minimum absolute atomic E-state index is 0.150. The fraction of sp³-hybridized carbons (Fsp3) is 0.0909. The van der Waals surface area contributed by atoms with E-state index in [4.69, 9.17) is 8.83 Å². The van der Waals surface area contributed by atoms with E-state index in [9.17, 15) is 9.59 Å². The summed E-state index contributed by atoms with van der Waals surface area (Å²) < 4.78 is 10.4. The Bertz CT molecular complexity index is 504. The first kappa shape index (κ1) is 9.45. The number of carbonyl (C=O) groups is 2.